The molecule has 2 aliphatic rings. The van der Waals surface area contributed by atoms with Gasteiger partial charge in [-0.25, -0.2) is 0 Å². The van der Waals surface area contributed by atoms with E-state index in [2.05, 4.69) is 5.32 Å². The van der Waals surface area contributed by atoms with E-state index in [0.29, 0.717) is 30.9 Å². The van der Waals surface area contributed by atoms with Crippen LogP contribution in [0.3, 0.4) is 0 Å². The van der Waals surface area contributed by atoms with Crippen molar-refractivity contribution in [2.45, 2.75) is 51.7 Å². The number of carbonyl (C=O) groups excluding carboxylic acids is 2. The second-order valence-electron chi connectivity index (χ2n) is 6.08. The molecule has 2 heterocycles. The monoisotopic (exact) mass is 318 g/mol. The molecule has 1 fully saturated rings. The Labute approximate surface area is 135 Å². The highest BCUT2D eigenvalue weighted by molar-refractivity contribution is 5.91. The van der Waals surface area contributed by atoms with Crippen LogP contribution in [0.25, 0.3) is 0 Å². The summed E-state index contributed by atoms with van der Waals surface area (Å²) < 4.78 is 10.7. The van der Waals surface area contributed by atoms with E-state index in [4.69, 9.17) is 9.47 Å². The Morgan fingerprint density at radius 2 is 2.17 bits per heavy atom. The van der Waals surface area contributed by atoms with Gasteiger partial charge in [0.2, 0.25) is 18.6 Å². The Bertz CT molecular complexity index is 617. The van der Waals surface area contributed by atoms with Gasteiger partial charge in [-0.05, 0) is 37.5 Å². The smallest absolute Gasteiger partial charge is 0.243 e. The van der Waals surface area contributed by atoms with Crippen molar-refractivity contribution in [2.75, 3.05) is 6.79 Å². The molecule has 2 aliphatic heterocycles. The molecule has 6 heteroatoms. The summed E-state index contributed by atoms with van der Waals surface area (Å²) in [5.41, 5.74) is 0.936. The molecule has 3 rings (SSSR count). The summed E-state index contributed by atoms with van der Waals surface area (Å²) in [7, 11) is 0. The van der Waals surface area contributed by atoms with Crippen LogP contribution in [0.1, 0.15) is 38.7 Å². The Morgan fingerprint density at radius 3 is 2.96 bits per heavy atom. The van der Waals surface area contributed by atoms with E-state index in [1.54, 1.807) is 4.90 Å². The molecule has 23 heavy (non-hydrogen) atoms. The predicted octanol–water partition coefficient (Wildman–Crippen LogP) is 1.82. The zero-order valence-corrected chi connectivity index (χ0v) is 13.5. The number of carbonyl (C=O) groups is 2. The van der Waals surface area contributed by atoms with Crippen LogP contribution < -0.4 is 14.8 Å². The van der Waals surface area contributed by atoms with Crippen LogP contribution in [0.2, 0.25) is 0 Å². The lowest BCUT2D eigenvalue weighted by Crippen LogP contribution is -2.46. The van der Waals surface area contributed by atoms with E-state index in [-0.39, 0.29) is 30.7 Å². The molecule has 0 unspecified atom stereocenters. The molecule has 1 aromatic carbocycles. The highest BCUT2D eigenvalue weighted by Gasteiger charge is 2.36. The van der Waals surface area contributed by atoms with Gasteiger partial charge in [0.1, 0.15) is 6.04 Å². The van der Waals surface area contributed by atoms with Crippen molar-refractivity contribution < 1.29 is 19.1 Å². The average molecular weight is 318 g/mol. The van der Waals surface area contributed by atoms with Gasteiger partial charge in [-0.1, -0.05) is 13.0 Å². The molecule has 0 bridgehead atoms. The van der Waals surface area contributed by atoms with E-state index < -0.39 is 0 Å². The number of benzene rings is 1. The molecule has 1 aromatic rings. The number of rotatable bonds is 5. The maximum Gasteiger partial charge on any atom is 0.243 e. The fourth-order valence-electron chi connectivity index (χ4n) is 2.88. The van der Waals surface area contributed by atoms with Crippen molar-refractivity contribution in [1.82, 2.24) is 10.2 Å². The predicted molar refractivity (Wildman–Crippen MR) is 84.0 cm³/mol. The van der Waals surface area contributed by atoms with Gasteiger partial charge in [-0.2, -0.15) is 0 Å². The Kier molecular flexibility index (Phi) is 4.41. The third-order valence-electron chi connectivity index (χ3n) is 4.42. The van der Waals surface area contributed by atoms with Gasteiger partial charge < -0.3 is 19.7 Å². The van der Waals surface area contributed by atoms with Gasteiger partial charge in [-0.3, -0.25) is 9.59 Å². The van der Waals surface area contributed by atoms with Crippen molar-refractivity contribution in [2.24, 2.45) is 0 Å². The van der Waals surface area contributed by atoms with Crippen LogP contribution in [0.5, 0.6) is 11.5 Å². The van der Waals surface area contributed by atoms with E-state index in [0.717, 1.165) is 12.0 Å². The number of nitrogens with one attached hydrogen (secondary N) is 1. The van der Waals surface area contributed by atoms with E-state index in [9.17, 15) is 9.59 Å². The maximum absolute atomic E-state index is 12.4. The fraction of sp³-hybridized carbons (Fsp3) is 0.529. The highest BCUT2D eigenvalue weighted by Crippen LogP contribution is 2.33. The van der Waals surface area contributed by atoms with Crippen molar-refractivity contribution >= 4 is 11.8 Å². The molecular formula is C17H22N2O4. The molecule has 124 valence electrons. The molecule has 2 amide bonds. The quantitative estimate of drug-likeness (QED) is 0.899. The summed E-state index contributed by atoms with van der Waals surface area (Å²) in [6.07, 6.45) is 1.86. The molecule has 1 N–H and O–H groups in total. The van der Waals surface area contributed by atoms with E-state index in [1.807, 2.05) is 32.0 Å². The molecular weight excluding hydrogens is 296 g/mol. The SMILES string of the molecule is CC[C@H](C)NC(=O)[C@@H]1CCC(=O)N1Cc1ccc2c(c1)OCO2. The van der Waals surface area contributed by atoms with Gasteiger partial charge in [0.25, 0.3) is 0 Å². The van der Waals surface area contributed by atoms with Crippen molar-refractivity contribution in [3.05, 3.63) is 23.8 Å². The first-order chi connectivity index (χ1) is 11.1. The number of amides is 2. The molecule has 0 saturated carbocycles. The van der Waals surface area contributed by atoms with Gasteiger partial charge in [0, 0.05) is 19.0 Å². The number of hydrogen-bond acceptors (Lipinski definition) is 4. The van der Waals surface area contributed by atoms with Crippen molar-refractivity contribution in [3.63, 3.8) is 0 Å². The largest absolute Gasteiger partial charge is 0.454 e. The molecule has 2 atom stereocenters. The lowest BCUT2D eigenvalue weighted by atomic mass is 10.1. The molecule has 1 saturated heterocycles. The number of likely N-dealkylation sites (tertiary alicyclic amines) is 1. The average Bonchev–Trinajstić information content (AvgIpc) is 3.14. The Hall–Kier alpha value is -2.24. The minimum Gasteiger partial charge on any atom is -0.454 e. The highest BCUT2D eigenvalue weighted by atomic mass is 16.7. The number of ether oxygens (including phenoxy) is 2. The summed E-state index contributed by atoms with van der Waals surface area (Å²) in [6.45, 7) is 4.63. The summed E-state index contributed by atoms with van der Waals surface area (Å²) in [4.78, 5) is 26.2. The topological polar surface area (TPSA) is 67.9 Å². The fourth-order valence-corrected chi connectivity index (χ4v) is 2.88. The first kappa shape index (κ1) is 15.6. The van der Waals surface area contributed by atoms with Gasteiger partial charge in [0.05, 0.1) is 0 Å². The summed E-state index contributed by atoms with van der Waals surface area (Å²) in [5.74, 6) is 1.36. The molecule has 0 aromatic heterocycles. The van der Waals surface area contributed by atoms with E-state index in [1.165, 1.54) is 0 Å². The van der Waals surface area contributed by atoms with Crippen molar-refractivity contribution in [1.29, 1.82) is 0 Å². The zero-order valence-electron chi connectivity index (χ0n) is 13.5. The van der Waals surface area contributed by atoms with Gasteiger partial charge in [-0.15, -0.1) is 0 Å². The minimum atomic E-state index is -0.387. The summed E-state index contributed by atoms with van der Waals surface area (Å²) in [5, 5.41) is 2.97. The second-order valence-corrected chi connectivity index (χ2v) is 6.08. The van der Waals surface area contributed by atoms with Crippen LogP contribution in [0, 0.1) is 0 Å². The second kappa shape index (κ2) is 6.48. The van der Waals surface area contributed by atoms with Crippen LogP contribution in [0.15, 0.2) is 18.2 Å². The summed E-state index contributed by atoms with van der Waals surface area (Å²) >= 11 is 0. The maximum atomic E-state index is 12.4. The molecule has 0 radical (unpaired) electrons. The van der Waals surface area contributed by atoms with Crippen molar-refractivity contribution in [3.8, 4) is 11.5 Å². The van der Waals surface area contributed by atoms with Crippen LogP contribution in [0.4, 0.5) is 0 Å². The number of hydrogen-bond donors (Lipinski definition) is 1. The first-order valence-corrected chi connectivity index (χ1v) is 8.07. The first-order valence-electron chi connectivity index (χ1n) is 8.07. The van der Waals surface area contributed by atoms with Crippen LogP contribution in [-0.4, -0.2) is 35.6 Å². The third-order valence-corrected chi connectivity index (χ3v) is 4.42. The van der Waals surface area contributed by atoms with E-state index >= 15 is 0 Å². The Morgan fingerprint density at radius 1 is 1.39 bits per heavy atom. The van der Waals surface area contributed by atoms with Crippen LogP contribution in [-0.2, 0) is 16.1 Å². The minimum absolute atomic E-state index is 0.0203. The molecule has 6 nitrogen and oxygen atoms in total. The standard InChI is InChI=1S/C17H22N2O4/c1-3-11(2)18-17(21)13-5-7-16(20)19(13)9-12-4-6-14-15(8-12)23-10-22-14/h4,6,8,11,13H,3,5,7,9-10H2,1-2H3,(H,18,21)/t11-,13-/m0/s1. The van der Waals surface area contributed by atoms with Gasteiger partial charge >= 0.3 is 0 Å². The molecule has 0 aliphatic carbocycles. The molecule has 0 spiro atoms. The zero-order chi connectivity index (χ0) is 16.4. The lowest BCUT2D eigenvalue weighted by molar-refractivity contribution is -0.136. The Balaban J connectivity index is 1.71. The van der Waals surface area contributed by atoms with Crippen LogP contribution >= 0.6 is 0 Å². The number of fused-ring (bicyclic) bond motifs is 1. The van der Waals surface area contributed by atoms with Gasteiger partial charge in [0.15, 0.2) is 11.5 Å². The lowest BCUT2D eigenvalue weighted by Gasteiger charge is -2.25. The summed E-state index contributed by atoms with van der Waals surface area (Å²) in [6, 6.07) is 5.35. The normalized spacial score (nSPS) is 20.7. The number of nitrogens with zero attached hydrogens (tertiary/aromatic N) is 1. The third kappa shape index (κ3) is 3.25.